The number of carbonyl (C=O) groups excluding carboxylic acids is 3. The molecule has 0 unspecified atom stereocenters. The second-order valence-corrected chi connectivity index (χ2v) is 7.15. The van der Waals surface area contributed by atoms with Gasteiger partial charge in [0.05, 0.1) is 12.5 Å². The Balaban J connectivity index is 0.00000420. The van der Waals surface area contributed by atoms with Gasteiger partial charge in [0.15, 0.2) is 0 Å². The maximum Gasteiger partial charge on any atom is 2.00 e. The maximum absolute atomic E-state index is 13.0. The first-order valence-electron chi connectivity index (χ1n) is 9.97. The van der Waals surface area contributed by atoms with E-state index in [4.69, 9.17) is 0 Å². The second kappa shape index (κ2) is 13.2. The smallest absolute Gasteiger partial charge is 0.330 e. The molecule has 0 spiro atoms. The van der Waals surface area contributed by atoms with Crippen LogP contribution in [0.3, 0.4) is 0 Å². The molecule has 1 aromatic heterocycles. The summed E-state index contributed by atoms with van der Waals surface area (Å²) in [6.45, 7) is 4.47. The molecule has 1 fully saturated rings. The number of aryl methyl sites for hydroxylation is 1. The van der Waals surface area contributed by atoms with Crippen molar-refractivity contribution in [2.24, 2.45) is 5.92 Å². The van der Waals surface area contributed by atoms with Gasteiger partial charge in [0.25, 0.3) is 0 Å². The van der Waals surface area contributed by atoms with Gasteiger partial charge in [-0.1, -0.05) is 26.7 Å². The Kier molecular flexibility index (Phi) is 11.7. The molecule has 1 aromatic rings. The molecule has 1 aliphatic rings. The van der Waals surface area contributed by atoms with Crippen LogP contribution in [-0.2, 0) is 20.8 Å². The number of nitrogens with one attached hydrogen (secondary N) is 1. The van der Waals surface area contributed by atoms with E-state index in [-0.39, 0.29) is 56.1 Å². The molecule has 0 bridgehead atoms. The Labute approximate surface area is 202 Å². The first-order chi connectivity index (χ1) is 13.5. The van der Waals surface area contributed by atoms with E-state index >= 15 is 0 Å². The maximum atomic E-state index is 13.0. The van der Waals surface area contributed by atoms with Crippen LogP contribution < -0.4 is 5.32 Å². The number of hydrogen-bond donors (Lipinski definition) is 2. The predicted molar refractivity (Wildman–Crippen MR) is 110 cm³/mol. The van der Waals surface area contributed by atoms with E-state index in [1.54, 1.807) is 11.1 Å². The standard InChI is InChI=1S/C20H30N4O4.Ca/c1-3-5-7-16(13-23(28)14-25)20(27)24-11-6-8-17(24)19(26)22-18-12-15(4-2)9-10-21-18;/h9-10,12,14,16-17,28H,3-8,11,13H2,1-2H3,(H,21,22,26);/q;+2/t16-,17+;/m1./s1. The van der Waals surface area contributed by atoms with E-state index in [2.05, 4.69) is 10.3 Å². The van der Waals surface area contributed by atoms with Crippen molar-refractivity contribution in [2.75, 3.05) is 18.4 Å². The normalized spacial score (nSPS) is 16.7. The number of hydroxylamine groups is 2. The molecule has 2 N–H and O–H groups in total. The van der Waals surface area contributed by atoms with Crippen LogP contribution >= 0.6 is 0 Å². The van der Waals surface area contributed by atoms with Crippen LogP contribution in [0.1, 0.15) is 51.5 Å². The monoisotopic (exact) mass is 430 g/mol. The molecular formula is C20H30CaN4O4+2. The van der Waals surface area contributed by atoms with E-state index in [1.165, 1.54) is 0 Å². The van der Waals surface area contributed by atoms with Gasteiger partial charge in [-0.15, -0.1) is 0 Å². The number of amides is 3. The minimum Gasteiger partial charge on any atom is -0.330 e. The molecule has 3 amide bonds. The zero-order valence-electron chi connectivity index (χ0n) is 17.3. The molecule has 29 heavy (non-hydrogen) atoms. The summed E-state index contributed by atoms with van der Waals surface area (Å²) in [7, 11) is 0. The van der Waals surface area contributed by atoms with Gasteiger partial charge in [-0.05, 0) is 43.4 Å². The number of rotatable bonds is 10. The molecule has 2 rings (SSSR count). The number of hydrogen-bond acceptors (Lipinski definition) is 5. The summed E-state index contributed by atoms with van der Waals surface area (Å²) in [4.78, 5) is 42.4. The first-order valence-corrected chi connectivity index (χ1v) is 9.97. The molecule has 0 aliphatic carbocycles. The van der Waals surface area contributed by atoms with E-state index in [0.29, 0.717) is 36.7 Å². The molecule has 9 heteroatoms. The zero-order valence-corrected chi connectivity index (χ0v) is 19.6. The van der Waals surface area contributed by atoms with Crippen molar-refractivity contribution in [1.29, 1.82) is 0 Å². The number of unbranched alkanes of at least 4 members (excludes halogenated alkanes) is 1. The van der Waals surface area contributed by atoms with Crippen LogP contribution in [0.4, 0.5) is 5.82 Å². The number of likely N-dealkylation sites (tertiary alicyclic amines) is 1. The third kappa shape index (κ3) is 7.51. The van der Waals surface area contributed by atoms with E-state index < -0.39 is 12.0 Å². The van der Waals surface area contributed by atoms with Crippen LogP contribution in [0, 0.1) is 5.92 Å². The summed E-state index contributed by atoms with van der Waals surface area (Å²) in [5.41, 5.74) is 1.07. The molecule has 1 aliphatic heterocycles. The Morgan fingerprint density at radius 3 is 2.86 bits per heavy atom. The first kappa shape index (κ1) is 25.8. The van der Waals surface area contributed by atoms with Crippen LogP contribution in [0.2, 0.25) is 0 Å². The average Bonchev–Trinajstić information content (AvgIpc) is 3.20. The average molecular weight is 431 g/mol. The van der Waals surface area contributed by atoms with Gasteiger partial charge in [0, 0.05) is 12.7 Å². The third-order valence-corrected chi connectivity index (χ3v) is 5.11. The van der Waals surface area contributed by atoms with Gasteiger partial charge in [0.1, 0.15) is 11.9 Å². The molecule has 0 radical (unpaired) electrons. The molecule has 2 atom stereocenters. The Hall–Kier alpha value is -1.22. The second-order valence-electron chi connectivity index (χ2n) is 7.15. The van der Waals surface area contributed by atoms with Gasteiger partial charge in [-0.2, -0.15) is 0 Å². The van der Waals surface area contributed by atoms with Gasteiger partial charge >= 0.3 is 37.7 Å². The van der Waals surface area contributed by atoms with E-state index in [1.807, 2.05) is 26.0 Å². The number of carbonyl (C=O) groups is 3. The van der Waals surface area contributed by atoms with Crippen molar-refractivity contribution < 1.29 is 19.6 Å². The minimum absolute atomic E-state index is 0. The summed E-state index contributed by atoms with van der Waals surface area (Å²) in [5, 5.41) is 12.9. The molecule has 0 saturated carbocycles. The summed E-state index contributed by atoms with van der Waals surface area (Å²) in [6.07, 6.45) is 6.39. The fraction of sp³-hybridized carbons (Fsp3) is 0.600. The molecular weight excluding hydrogens is 400 g/mol. The topological polar surface area (TPSA) is 103 Å². The van der Waals surface area contributed by atoms with Crippen molar-refractivity contribution in [1.82, 2.24) is 14.9 Å². The quantitative estimate of drug-likeness (QED) is 0.255. The van der Waals surface area contributed by atoms with Crippen molar-refractivity contribution in [3.05, 3.63) is 23.9 Å². The van der Waals surface area contributed by atoms with Gasteiger partial charge < -0.3 is 10.2 Å². The number of aromatic nitrogens is 1. The zero-order chi connectivity index (χ0) is 20.5. The minimum atomic E-state index is -0.563. The fourth-order valence-corrected chi connectivity index (χ4v) is 3.52. The number of pyridine rings is 1. The predicted octanol–water partition coefficient (Wildman–Crippen LogP) is 1.85. The van der Waals surface area contributed by atoms with Crippen LogP contribution in [0.25, 0.3) is 0 Å². The molecule has 2 heterocycles. The van der Waals surface area contributed by atoms with Gasteiger partial charge in [-0.3, -0.25) is 19.6 Å². The number of anilines is 1. The van der Waals surface area contributed by atoms with E-state index in [0.717, 1.165) is 31.2 Å². The summed E-state index contributed by atoms with van der Waals surface area (Å²) < 4.78 is 0. The fourth-order valence-electron chi connectivity index (χ4n) is 3.52. The number of nitrogens with zero attached hydrogens (tertiary/aromatic N) is 3. The van der Waals surface area contributed by atoms with Crippen LogP contribution in [0.5, 0.6) is 0 Å². The summed E-state index contributed by atoms with van der Waals surface area (Å²) in [6, 6.07) is 3.16. The third-order valence-electron chi connectivity index (χ3n) is 5.11. The van der Waals surface area contributed by atoms with Crippen LogP contribution in [0.15, 0.2) is 18.3 Å². The van der Waals surface area contributed by atoms with Crippen molar-refractivity contribution in [3.63, 3.8) is 0 Å². The Morgan fingerprint density at radius 2 is 2.21 bits per heavy atom. The summed E-state index contributed by atoms with van der Waals surface area (Å²) >= 11 is 0. The SMILES string of the molecule is CCCC[C@H](CN(O)C=O)C(=O)N1CCC[C@H]1C(=O)Nc1cc(CC)ccn1.[Ca+2]. The molecule has 8 nitrogen and oxygen atoms in total. The Bertz CT molecular complexity index is 688. The van der Waals surface area contributed by atoms with Gasteiger partial charge in [0.2, 0.25) is 18.2 Å². The Morgan fingerprint density at radius 1 is 1.45 bits per heavy atom. The molecule has 154 valence electrons. The molecule has 1 saturated heterocycles. The van der Waals surface area contributed by atoms with Crippen molar-refractivity contribution >= 4 is 61.8 Å². The van der Waals surface area contributed by atoms with Crippen molar-refractivity contribution in [3.8, 4) is 0 Å². The van der Waals surface area contributed by atoms with Crippen LogP contribution in [-0.4, -0.2) is 95.2 Å². The largest absolute Gasteiger partial charge is 2.00 e. The summed E-state index contributed by atoms with van der Waals surface area (Å²) in [5.74, 6) is -0.488. The van der Waals surface area contributed by atoms with Gasteiger partial charge in [-0.25, -0.2) is 10.0 Å². The molecule has 0 aromatic carbocycles. The van der Waals surface area contributed by atoms with E-state index in [9.17, 15) is 19.6 Å². The van der Waals surface area contributed by atoms with Crippen molar-refractivity contribution in [2.45, 2.75) is 58.4 Å².